The minimum atomic E-state index is -4.08. The van der Waals surface area contributed by atoms with Gasteiger partial charge in [0.05, 0.1) is 26.9 Å². The molecular weight excluding hydrogens is 573 g/mol. The summed E-state index contributed by atoms with van der Waals surface area (Å²) in [6.07, 6.45) is 0. The highest BCUT2D eigenvalue weighted by Gasteiger charge is 2.30. The fourth-order valence-electron chi connectivity index (χ4n) is 3.85. The number of rotatable bonds is 8. The van der Waals surface area contributed by atoms with Crippen molar-refractivity contribution in [2.24, 2.45) is 0 Å². The monoisotopic (exact) mass is 597 g/mol. The molecule has 0 bridgehead atoms. The van der Waals surface area contributed by atoms with Gasteiger partial charge >= 0.3 is 0 Å². The average Bonchev–Trinajstić information content (AvgIpc) is 2.91. The Kier molecular flexibility index (Phi) is 8.53. The zero-order valence-corrected chi connectivity index (χ0v) is 23.4. The zero-order chi connectivity index (χ0) is 27.5. The van der Waals surface area contributed by atoms with Gasteiger partial charge in [-0.05, 0) is 61.5 Å². The van der Waals surface area contributed by atoms with Gasteiger partial charge in [0, 0.05) is 31.2 Å². The number of piperazine rings is 1. The molecule has 1 saturated heterocycles. The van der Waals surface area contributed by atoms with Gasteiger partial charge in [-0.1, -0.05) is 35.3 Å². The van der Waals surface area contributed by atoms with Crippen molar-refractivity contribution < 1.29 is 26.4 Å². The highest BCUT2D eigenvalue weighted by molar-refractivity contribution is 7.92. The van der Waals surface area contributed by atoms with E-state index in [0.717, 1.165) is 0 Å². The second kappa shape index (κ2) is 11.5. The number of sulfonamides is 2. The summed E-state index contributed by atoms with van der Waals surface area (Å²) >= 11 is 12.2. The van der Waals surface area contributed by atoms with E-state index in [1.807, 2.05) is 0 Å². The lowest BCUT2D eigenvalue weighted by Gasteiger charge is -2.34. The Morgan fingerprint density at radius 1 is 0.921 bits per heavy atom. The third-order valence-corrected chi connectivity index (χ3v) is 9.75. The van der Waals surface area contributed by atoms with Crippen LogP contribution in [-0.4, -0.2) is 63.9 Å². The van der Waals surface area contributed by atoms with Crippen LogP contribution in [0.4, 0.5) is 5.69 Å². The molecule has 13 heteroatoms. The Hall–Kier alpha value is -2.83. The van der Waals surface area contributed by atoms with Crippen LogP contribution >= 0.6 is 23.2 Å². The van der Waals surface area contributed by atoms with Crippen LogP contribution < -0.4 is 9.46 Å². The maximum Gasteiger partial charge on any atom is 0.261 e. The number of nitrogens with zero attached hydrogens (tertiary/aromatic N) is 2. The van der Waals surface area contributed by atoms with Gasteiger partial charge in [-0.25, -0.2) is 16.8 Å². The van der Waals surface area contributed by atoms with Gasteiger partial charge in [0.15, 0.2) is 0 Å². The normalized spacial score (nSPS) is 14.8. The van der Waals surface area contributed by atoms with Crippen LogP contribution in [0.3, 0.4) is 0 Å². The second-order valence-corrected chi connectivity index (χ2v) is 13.2. The summed E-state index contributed by atoms with van der Waals surface area (Å²) in [6.45, 7) is 2.22. The smallest absolute Gasteiger partial charge is 0.261 e. The molecule has 3 aromatic carbocycles. The molecule has 202 valence electrons. The summed E-state index contributed by atoms with van der Waals surface area (Å²) in [6, 6.07) is 16.9. The Labute approximate surface area is 232 Å². The lowest BCUT2D eigenvalue weighted by Crippen LogP contribution is -2.51. The standard InChI is InChI=1S/C25H25Cl2N3O6S2/c1-2-37(32,33)30-15-13-29(14-16-30)25(31)21-17-18(26)7-12-23(21)28-38(34,35)20-10-8-19(9-11-20)36-24-6-4-3-5-22(24)27/h3-12,17,28H,2,13-16H2,1H3. The largest absolute Gasteiger partial charge is 0.456 e. The first-order valence-corrected chi connectivity index (χ1v) is 15.5. The van der Waals surface area contributed by atoms with Gasteiger partial charge in [-0.2, -0.15) is 4.31 Å². The van der Waals surface area contributed by atoms with Crippen molar-refractivity contribution in [1.82, 2.24) is 9.21 Å². The van der Waals surface area contributed by atoms with Gasteiger partial charge < -0.3 is 9.64 Å². The van der Waals surface area contributed by atoms with Crippen LogP contribution in [0, 0.1) is 0 Å². The van der Waals surface area contributed by atoms with Gasteiger partial charge in [-0.15, -0.1) is 0 Å². The molecule has 0 spiro atoms. The van der Waals surface area contributed by atoms with Crippen molar-refractivity contribution in [3.8, 4) is 11.5 Å². The number of halogens is 2. The summed E-state index contributed by atoms with van der Waals surface area (Å²) in [5.74, 6) is 0.347. The van der Waals surface area contributed by atoms with Crippen LogP contribution in [0.1, 0.15) is 17.3 Å². The van der Waals surface area contributed by atoms with Crippen molar-refractivity contribution >= 4 is 54.8 Å². The maximum absolute atomic E-state index is 13.3. The predicted molar refractivity (Wildman–Crippen MR) is 147 cm³/mol. The molecule has 1 aliphatic heterocycles. The number of ether oxygens (including phenoxy) is 1. The molecule has 0 saturated carbocycles. The van der Waals surface area contributed by atoms with Crippen molar-refractivity contribution in [3.63, 3.8) is 0 Å². The Morgan fingerprint density at radius 2 is 1.58 bits per heavy atom. The van der Waals surface area contributed by atoms with Crippen molar-refractivity contribution in [3.05, 3.63) is 82.3 Å². The van der Waals surface area contributed by atoms with E-state index >= 15 is 0 Å². The first-order valence-electron chi connectivity index (χ1n) is 11.6. The van der Waals surface area contributed by atoms with E-state index in [1.54, 1.807) is 31.2 Å². The van der Waals surface area contributed by atoms with E-state index in [4.69, 9.17) is 27.9 Å². The lowest BCUT2D eigenvalue weighted by atomic mass is 10.1. The molecule has 1 heterocycles. The van der Waals surface area contributed by atoms with Gasteiger partial charge in [-0.3, -0.25) is 9.52 Å². The van der Waals surface area contributed by atoms with E-state index < -0.39 is 26.0 Å². The molecule has 0 radical (unpaired) electrons. The molecule has 1 amide bonds. The molecule has 3 aromatic rings. The summed E-state index contributed by atoms with van der Waals surface area (Å²) in [5, 5.41) is 0.670. The predicted octanol–water partition coefficient (Wildman–Crippen LogP) is 4.69. The number of nitrogens with one attached hydrogen (secondary N) is 1. The number of carbonyl (C=O) groups is 1. The number of para-hydroxylation sites is 1. The molecule has 1 N–H and O–H groups in total. The molecule has 38 heavy (non-hydrogen) atoms. The first kappa shape index (κ1) is 28.2. The van der Waals surface area contributed by atoms with E-state index in [9.17, 15) is 21.6 Å². The van der Waals surface area contributed by atoms with Crippen molar-refractivity contribution in [2.45, 2.75) is 11.8 Å². The summed E-state index contributed by atoms with van der Waals surface area (Å²) in [4.78, 5) is 14.7. The molecule has 0 unspecified atom stereocenters. The summed E-state index contributed by atoms with van der Waals surface area (Å²) < 4.78 is 60.1. The molecule has 0 aromatic heterocycles. The van der Waals surface area contributed by atoms with Crippen LogP contribution in [-0.2, 0) is 20.0 Å². The second-order valence-electron chi connectivity index (χ2n) is 8.39. The molecule has 0 atom stereocenters. The number of hydrogen-bond donors (Lipinski definition) is 1. The Morgan fingerprint density at radius 3 is 2.21 bits per heavy atom. The van der Waals surface area contributed by atoms with E-state index in [1.165, 1.54) is 51.7 Å². The van der Waals surface area contributed by atoms with Crippen LogP contribution in [0.2, 0.25) is 10.0 Å². The van der Waals surface area contributed by atoms with Crippen LogP contribution in [0.15, 0.2) is 71.6 Å². The van der Waals surface area contributed by atoms with E-state index in [2.05, 4.69) is 4.72 Å². The third-order valence-electron chi connectivity index (χ3n) is 5.94. The molecule has 1 fully saturated rings. The third kappa shape index (κ3) is 6.41. The van der Waals surface area contributed by atoms with Gasteiger partial charge in [0.2, 0.25) is 10.0 Å². The quantitative estimate of drug-likeness (QED) is 0.403. The highest BCUT2D eigenvalue weighted by atomic mass is 35.5. The fraction of sp³-hybridized carbons (Fsp3) is 0.240. The van der Waals surface area contributed by atoms with Gasteiger partial charge in [0.1, 0.15) is 11.5 Å². The first-order chi connectivity index (χ1) is 18.0. The number of benzene rings is 3. The number of carbonyl (C=O) groups excluding carboxylic acids is 1. The number of amides is 1. The van der Waals surface area contributed by atoms with Crippen LogP contribution in [0.25, 0.3) is 0 Å². The number of anilines is 1. The minimum Gasteiger partial charge on any atom is -0.456 e. The molecule has 4 rings (SSSR count). The average molecular weight is 599 g/mol. The summed E-state index contributed by atoms with van der Waals surface area (Å²) in [5.41, 5.74) is 0.117. The zero-order valence-electron chi connectivity index (χ0n) is 20.3. The van der Waals surface area contributed by atoms with E-state index in [0.29, 0.717) is 16.5 Å². The minimum absolute atomic E-state index is 0.0196. The Balaban J connectivity index is 1.51. The van der Waals surface area contributed by atoms with E-state index in [-0.39, 0.29) is 53.1 Å². The SMILES string of the molecule is CCS(=O)(=O)N1CCN(C(=O)c2cc(Cl)ccc2NS(=O)(=O)c2ccc(Oc3ccccc3Cl)cc2)CC1. The van der Waals surface area contributed by atoms with Crippen molar-refractivity contribution in [1.29, 1.82) is 0 Å². The molecule has 0 aliphatic carbocycles. The topological polar surface area (TPSA) is 113 Å². The molecule has 9 nitrogen and oxygen atoms in total. The summed E-state index contributed by atoms with van der Waals surface area (Å²) in [7, 11) is -7.44. The fourth-order valence-corrected chi connectivity index (χ4v) is 6.36. The Bertz CT molecular complexity index is 1540. The number of hydrogen-bond acceptors (Lipinski definition) is 6. The lowest BCUT2D eigenvalue weighted by molar-refractivity contribution is 0.0699. The molecule has 1 aliphatic rings. The maximum atomic E-state index is 13.3. The van der Waals surface area contributed by atoms with Crippen molar-refractivity contribution in [2.75, 3.05) is 36.7 Å². The highest BCUT2D eigenvalue weighted by Crippen LogP contribution is 2.30. The van der Waals surface area contributed by atoms with Gasteiger partial charge in [0.25, 0.3) is 15.9 Å². The molecular formula is C25H25Cl2N3O6S2. The van der Waals surface area contributed by atoms with Crippen LogP contribution in [0.5, 0.6) is 11.5 Å².